The average Bonchev–Trinajstić information content (AvgIpc) is 2.31. The molecule has 4 heteroatoms. The van der Waals surface area contributed by atoms with Gasteiger partial charge in [-0.15, -0.1) is 0 Å². The molecule has 4 N–H and O–H groups in total. The Hall–Kier alpha value is -1.55. The van der Waals surface area contributed by atoms with E-state index in [9.17, 15) is 9.90 Å². The number of carbonyl (C=O) groups is 1. The van der Waals surface area contributed by atoms with Gasteiger partial charge in [0, 0.05) is 0 Å². The minimum Gasteiger partial charge on any atom is -0.508 e. The summed E-state index contributed by atoms with van der Waals surface area (Å²) < 4.78 is 0. The number of benzene rings is 1. The maximum absolute atomic E-state index is 10.9. The van der Waals surface area contributed by atoms with Gasteiger partial charge in [-0.25, -0.2) is 0 Å². The molecule has 1 atom stereocenters. The Balaban J connectivity index is 3.40. The monoisotopic (exact) mass is 265 g/mol. The first kappa shape index (κ1) is 15.5. The number of hydrogen-bond acceptors (Lipinski definition) is 3. The Kier molecular flexibility index (Phi) is 4.95. The Labute approximate surface area is 114 Å². The van der Waals surface area contributed by atoms with E-state index in [1.54, 1.807) is 6.07 Å². The van der Waals surface area contributed by atoms with Crippen molar-refractivity contribution in [1.29, 1.82) is 0 Å². The molecule has 0 saturated carbocycles. The maximum atomic E-state index is 10.9. The molecule has 0 aliphatic carbocycles. The molecule has 106 valence electrons. The van der Waals surface area contributed by atoms with E-state index in [4.69, 9.17) is 10.8 Å². The summed E-state index contributed by atoms with van der Waals surface area (Å²) in [7, 11) is 0. The summed E-state index contributed by atoms with van der Waals surface area (Å²) in [5, 5.41) is 19.0. The third kappa shape index (κ3) is 3.26. The van der Waals surface area contributed by atoms with Crippen LogP contribution in [0.4, 0.5) is 0 Å². The van der Waals surface area contributed by atoms with E-state index in [2.05, 4.69) is 0 Å². The first-order valence-electron chi connectivity index (χ1n) is 6.62. The van der Waals surface area contributed by atoms with Crippen molar-refractivity contribution < 1.29 is 15.0 Å². The molecule has 1 aromatic carbocycles. The average molecular weight is 265 g/mol. The van der Waals surface area contributed by atoms with Gasteiger partial charge in [-0.2, -0.15) is 0 Å². The molecule has 1 aromatic rings. The predicted octanol–water partition coefficient (Wildman–Crippen LogP) is 2.34. The molecule has 0 unspecified atom stereocenters. The lowest BCUT2D eigenvalue weighted by Crippen LogP contribution is -2.33. The van der Waals surface area contributed by atoms with Gasteiger partial charge in [-0.3, -0.25) is 4.79 Å². The van der Waals surface area contributed by atoms with Gasteiger partial charge < -0.3 is 15.9 Å². The highest BCUT2D eigenvalue weighted by molar-refractivity contribution is 5.74. The normalized spacial score (nSPS) is 12.7. The highest BCUT2D eigenvalue weighted by Crippen LogP contribution is 2.34. The van der Waals surface area contributed by atoms with E-state index in [0.717, 1.165) is 28.7 Å². The molecule has 1 rings (SSSR count). The molecule has 0 amide bonds. The SMILES string of the molecule is CCc1c(O)cc(C)c(C[C@H](N)C(=O)O)c1C(C)C. The van der Waals surface area contributed by atoms with Crippen molar-refractivity contribution >= 4 is 5.97 Å². The highest BCUT2D eigenvalue weighted by Gasteiger charge is 2.21. The zero-order valence-corrected chi connectivity index (χ0v) is 12.0. The Morgan fingerprint density at radius 1 is 1.37 bits per heavy atom. The third-order valence-electron chi connectivity index (χ3n) is 3.46. The van der Waals surface area contributed by atoms with Crippen molar-refractivity contribution in [1.82, 2.24) is 0 Å². The number of carboxylic acid groups (broad SMARTS) is 1. The van der Waals surface area contributed by atoms with Crippen LogP contribution in [0, 0.1) is 6.92 Å². The van der Waals surface area contributed by atoms with Crippen LogP contribution in [0.25, 0.3) is 0 Å². The van der Waals surface area contributed by atoms with Crippen LogP contribution in [-0.2, 0) is 17.6 Å². The molecular formula is C15H23NO3. The summed E-state index contributed by atoms with van der Waals surface area (Å²) >= 11 is 0. The minimum absolute atomic E-state index is 0.219. The smallest absolute Gasteiger partial charge is 0.320 e. The van der Waals surface area contributed by atoms with Crippen molar-refractivity contribution in [3.05, 3.63) is 28.3 Å². The van der Waals surface area contributed by atoms with Crippen molar-refractivity contribution in [2.75, 3.05) is 0 Å². The lowest BCUT2D eigenvalue weighted by molar-refractivity contribution is -0.138. The number of nitrogens with two attached hydrogens (primary N) is 1. The Bertz CT molecular complexity index is 481. The number of phenolic OH excluding ortho intramolecular Hbond substituents is 1. The fourth-order valence-corrected chi connectivity index (χ4v) is 2.56. The largest absolute Gasteiger partial charge is 0.508 e. The quantitative estimate of drug-likeness (QED) is 0.763. The second-order valence-corrected chi connectivity index (χ2v) is 5.24. The number of carboxylic acids is 1. The van der Waals surface area contributed by atoms with E-state index in [-0.39, 0.29) is 11.7 Å². The van der Waals surface area contributed by atoms with Crippen LogP contribution >= 0.6 is 0 Å². The van der Waals surface area contributed by atoms with Gasteiger partial charge in [0.1, 0.15) is 11.8 Å². The zero-order valence-electron chi connectivity index (χ0n) is 12.0. The lowest BCUT2D eigenvalue weighted by Gasteiger charge is -2.22. The summed E-state index contributed by atoms with van der Waals surface area (Å²) in [6.45, 7) is 7.96. The topological polar surface area (TPSA) is 83.5 Å². The molecule has 0 saturated heterocycles. The van der Waals surface area contributed by atoms with Gasteiger partial charge in [0.2, 0.25) is 0 Å². The Morgan fingerprint density at radius 2 is 1.95 bits per heavy atom. The molecule has 0 radical (unpaired) electrons. The van der Waals surface area contributed by atoms with Crippen LogP contribution in [0.15, 0.2) is 6.07 Å². The number of phenols is 1. The van der Waals surface area contributed by atoms with Crippen molar-refractivity contribution in [3.63, 3.8) is 0 Å². The number of rotatable bonds is 5. The van der Waals surface area contributed by atoms with Crippen LogP contribution in [0.3, 0.4) is 0 Å². The number of aromatic hydroxyl groups is 1. The molecular weight excluding hydrogens is 242 g/mol. The summed E-state index contributed by atoms with van der Waals surface area (Å²) in [5.41, 5.74) is 9.45. The van der Waals surface area contributed by atoms with Gasteiger partial charge in [0.25, 0.3) is 0 Å². The number of aryl methyl sites for hydroxylation is 1. The predicted molar refractivity (Wildman–Crippen MR) is 75.6 cm³/mol. The molecule has 0 spiro atoms. The van der Waals surface area contributed by atoms with E-state index in [0.29, 0.717) is 6.42 Å². The number of aliphatic carboxylic acids is 1. The molecule has 19 heavy (non-hydrogen) atoms. The van der Waals surface area contributed by atoms with Crippen LogP contribution in [0.2, 0.25) is 0 Å². The lowest BCUT2D eigenvalue weighted by atomic mass is 9.85. The van der Waals surface area contributed by atoms with Crippen molar-refractivity contribution in [2.24, 2.45) is 5.73 Å². The Morgan fingerprint density at radius 3 is 2.37 bits per heavy atom. The maximum Gasteiger partial charge on any atom is 0.320 e. The van der Waals surface area contributed by atoms with Gasteiger partial charge in [0.15, 0.2) is 0 Å². The summed E-state index contributed by atoms with van der Waals surface area (Å²) in [6.07, 6.45) is 1.01. The standard InChI is InChI=1S/C15H23NO3/c1-5-10-13(17)6-9(4)11(14(10)8(2)3)7-12(16)15(18)19/h6,8,12,17H,5,7,16H2,1-4H3,(H,18,19)/t12-/m0/s1. The van der Waals surface area contributed by atoms with E-state index < -0.39 is 12.0 Å². The number of hydrogen-bond donors (Lipinski definition) is 3. The van der Waals surface area contributed by atoms with Crippen molar-refractivity contribution in [2.45, 2.75) is 52.5 Å². The third-order valence-corrected chi connectivity index (χ3v) is 3.46. The van der Waals surface area contributed by atoms with Crippen molar-refractivity contribution in [3.8, 4) is 5.75 Å². The summed E-state index contributed by atoms with van der Waals surface area (Å²) in [6, 6.07) is 0.791. The van der Waals surface area contributed by atoms with E-state index >= 15 is 0 Å². The molecule has 0 aliphatic rings. The van der Waals surface area contributed by atoms with E-state index in [1.165, 1.54) is 0 Å². The van der Waals surface area contributed by atoms with Crippen LogP contribution in [0.5, 0.6) is 5.75 Å². The van der Waals surface area contributed by atoms with Crippen LogP contribution < -0.4 is 5.73 Å². The molecule has 0 aromatic heterocycles. The molecule has 0 fully saturated rings. The molecule has 4 nitrogen and oxygen atoms in total. The summed E-state index contributed by atoms with van der Waals surface area (Å²) in [4.78, 5) is 10.9. The van der Waals surface area contributed by atoms with Gasteiger partial charge in [0.05, 0.1) is 0 Å². The van der Waals surface area contributed by atoms with Crippen LogP contribution in [0.1, 0.15) is 48.9 Å². The molecule has 0 aliphatic heterocycles. The first-order valence-corrected chi connectivity index (χ1v) is 6.62. The first-order chi connectivity index (χ1) is 8.79. The highest BCUT2D eigenvalue weighted by atomic mass is 16.4. The molecule has 0 heterocycles. The minimum atomic E-state index is -1.000. The fourth-order valence-electron chi connectivity index (χ4n) is 2.56. The van der Waals surface area contributed by atoms with E-state index in [1.807, 2.05) is 27.7 Å². The van der Waals surface area contributed by atoms with Gasteiger partial charge in [-0.1, -0.05) is 20.8 Å². The second-order valence-electron chi connectivity index (χ2n) is 5.24. The summed E-state index contributed by atoms with van der Waals surface area (Å²) in [5.74, 6) is -0.492. The molecule has 0 bridgehead atoms. The van der Waals surface area contributed by atoms with Gasteiger partial charge >= 0.3 is 5.97 Å². The van der Waals surface area contributed by atoms with Gasteiger partial charge in [-0.05, 0) is 54.0 Å². The fraction of sp³-hybridized carbons (Fsp3) is 0.533. The second kappa shape index (κ2) is 6.06. The van der Waals surface area contributed by atoms with Crippen LogP contribution in [-0.4, -0.2) is 22.2 Å². The zero-order chi connectivity index (χ0) is 14.7.